The first kappa shape index (κ1) is 27.6. The molecular formula is C25H31F3N6O4. The molecule has 5 rings (SSSR count). The van der Waals surface area contributed by atoms with Crippen LogP contribution >= 0.6 is 0 Å². The van der Waals surface area contributed by atoms with E-state index in [1.54, 1.807) is 7.11 Å². The number of benzene rings is 1. The molecule has 206 valence electrons. The van der Waals surface area contributed by atoms with Crippen LogP contribution in [0.3, 0.4) is 0 Å². The van der Waals surface area contributed by atoms with Gasteiger partial charge in [-0.05, 0) is 69.0 Å². The quantitative estimate of drug-likeness (QED) is 0.517. The molecule has 10 nitrogen and oxygen atoms in total. The third kappa shape index (κ3) is 6.33. The van der Waals surface area contributed by atoms with Crippen molar-refractivity contribution in [2.75, 3.05) is 44.8 Å². The number of carboxylic acid groups (broad SMARTS) is 1. The molecule has 0 amide bonds. The summed E-state index contributed by atoms with van der Waals surface area (Å²) in [5.41, 5.74) is 3.82. The number of hydrogen-bond donors (Lipinski definition) is 2. The second-order valence-corrected chi connectivity index (χ2v) is 9.35. The second-order valence-electron chi connectivity index (χ2n) is 9.35. The Bertz CT molecular complexity index is 1280. The molecule has 2 saturated heterocycles. The first-order valence-electron chi connectivity index (χ1n) is 12.4. The minimum absolute atomic E-state index is 0.166. The lowest BCUT2D eigenvalue weighted by Crippen LogP contribution is -2.41. The largest absolute Gasteiger partial charge is 0.490 e. The smallest absolute Gasteiger partial charge is 0.475 e. The van der Waals surface area contributed by atoms with Gasteiger partial charge in [-0.1, -0.05) is 0 Å². The van der Waals surface area contributed by atoms with Crippen molar-refractivity contribution in [3.8, 4) is 11.8 Å². The van der Waals surface area contributed by atoms with Crippen LogP contribution in [0.5, 0.6) is 6.01 Å². The maximum atomic E-state index is 10.6. The van der Waals surface area contributed by atoms with Crippen LogP contribution in [0.25, 0.3) is 16.7 Å². The van der Waals surface area contributed by atoms with Crippen LogP contribution in [0.1, 0.15) is 36.8 Å². The van der Waals surface area contributed by atoms with Gasteiger partial charge in [0.05, 0.1) is 31.5 Å². The number of methoxy groups -OCH3 is 1. The van der Waals surface area contributed by atoms with Crippen molar-refractivity contribution >= 4 is 22.7 Å². The monoisotopic (exact) mass is 536 g/mol. The predicted molar refractivity (Wildman–Crippen MR) is 134 cm³/mol. The number of carbonyl (C=O) groups is 1. The molecular weight excluding hydrogens is 505 g/mol. The number of ether oxygens (including phenoxy) is 2. The Morgan fingerprint density at radius 2 is 1.87 bits per heavy atom. The number of piperidine rings is 1. The van der Waals surface area contributed by atoms with Gasteiger partial charge in [0, 0.05) is 24.5 Å². The normalized spacial score (nSPS) is 18.7. The fourth-order valence-electron chi connectivity index (χ4n) is 4.75. The van der Waals surface area contributed by atoms with E-state index >= 15 is 0 Å². The molecule has 0 aliphatic carbocycles. The highest BCUT2D eigenvalue weighted by molar-refractivity contribution is 5.82. The number of hydrogen-bond acceptors (Lipinski definition) is 8. The molecule has 4 heterocycles. The molecule has 2 aliphatic rings. The van der Waals surface area contributed by atoms with Crippen LogP contribution in [-0.4, -0.2) is 83.0 Å². The molecule has 0 radical (unpaired) electrons. The summed E-state index contributed by atoms with van der Waals surface area (Å²) >= 11 is 0. The first-order chi connectivity index (χ1) is 18.1. The summed E-state index contributed by atoms with van der Waals surface area (Å²) in [6.45, 7) is 8.71. The first-order valence-corrected chi connectivity index (χ1v) is 12.4. The highest BCUT2D eigenvalue weighted by atomic mass is 19.4. The highest BCUT2D eigenvalue weighted by Crippen LogP contribution is 2.32. The van der Waals surface area contributed by atoms with Gasteiger partial charge in [-0.25, -0.2) is 9.48 Å². The van der Waals surface area contributed by atoms with Crippen LogP contribution in [0.4, 0.5) is 19.0 Å². The number of rotatable bonds is 4. The molecule has 3 aromatic rings. The van der Waals surface area contributed by atoms with Gasteiger partial charge in [0.25, 0.3) is 0 Å². The van der Waals surface area contributed by atoms with Crippen molar-refractivity contribution in [3.05, 3.63) is 35.5 Å². The molecule has 38 heavy (non-hydrogen) atoms. The van der Waals surface area contributed by atoms with E-state index in [4.69, 9.17) is 19.4 Å². The Morgan fingerprint density at radius 1 is 1.18 bits per heavy atom. The molecule has 2 aliphatic heterocycles. The lowest BCUT2D eigenvalue weighted by molar-refractivity contribution is -0.192. The summed E-state index contributed by atoms with van der Waals surface area (Å²) < 4.78 is 44.8. The number of aliphatic carboxylic acids is 1. The topological polar surface area (TPSA) is 115 Å². The second kappa shape index (κ2) is 11.5. The molecule has 13 heteroatoms. The van der Waals surface area contributed by atoms with Gasteiger partial charge in [0.1, 0.15) is 5.82 Å². The zero-order valence-electron chi connectivity index (χ0n) is 21.5. The van der Waals surface area contributed by atoms with E-state index in [9.17, 15) is 13.2 Å². The fourth-order valence-corrected chi connectivity index (χ4v) is 4.75. The van der Waals surface area contributed by atoms with Crippen molar-refractivity contribution in [3.63, 3.8) is 0 Å². The van der Waals surface area contributed by atoms with Gasteiger partial charge in [-0.15, -0.1) is 0 Å². The van der Waals surface area contributed by atoms with Gasteiger partial charge in [0.15, 0.2) is 5.82 Å². The number of nitrogens with zero attached hydrogens (tertiary/aromatic N) is 5. The van der Waals surface area contributed by atoms with Gasteiger partial charge >= 0.3 is 18.2 Å². The predicted octanol–water partition coefficient (Wildman–Crippen LogP) is 3.46. The molecule has 0 spiro atoms. The molecule has 2 fully saturated rings. The molecule has 2 N–H and O–H groups in total. The maximum absolute atomic E-state index is 10.6. The number of halogens is 3. The Kier molecular flexibility index (Phi) is 8.36. The average Bonchev–Trinajstić information content (AvgIpc) is 3.31. The Labute approximate surface area is 217 Å². The summed E-state index contributed by atoms with van der Waals surface area (Å²) in [5.74, 6) is -0.616. The zero-order chi connectivity index (χ0) is 27.4. The van der Waals surface area contributed by atoms with Gasteiger partial charge in [0.2, 0.25) is 0 Å². The van der Waals surface area contributed by atoms with Gasteiger partial charge in [-0.3, -0.25) is 0 Å². The number of aromatic nitrogens is 4. The van der Waals surface area contributed by atoms with Crippen LogP contribution in [0.2, 0.25) is 0 Å². The Hall–Kier alpha value is -3.45. The average molecular weight is 537 g/mol. The minimum atomic E-state index is -5.08. The summed E-state index contributed by atoms with van der Waals surface area (Å²) in [6, 6.07) is 6.90. The van der Waals surface area contributed by atoms with E-state index in [-0.39, 0.29) is 6.10 Å². The number of carboxylic acids is 1. The number of nitrogens with one attached hydrogen (secondary N) is 1. The van der Waals surface area contributed by atoms with Crippen LogP contribution < -0.4 is 15.0 Å². The fraction of sp³-hybridized carbons (Fsp3) is 0.520. The number of fused-ring (bicyclic) bond motifs is 1. The maximum Gasteiger partial charge on any atom is 0.490 e. The van der Waals surface area contributed by atoms with E-state index in [2.05, 4.69) is 51.3 Å². The molecule has 0 bridgehead atoms. The molecule has 1 atom stereocenters. The van der Waals surface area contributed by atoms with Crippen molar-refractivity contribution in [2.24, 2.45) is 0 Å². The third-order valence-corrected chi connectivity index (χ3v) is 6.62. The van der Waals surface area contributed by atoms with Crippen molar-refractivity contribution in [2.45, 2.75) is 44.9 Å². The number of alkyl halides is 3. The Balaban J connectivity index is 0.000000426. The SMILES string of the molecule is COc1nc(N2CCO[C@@H](C)C2)cc(-n2ncc3cc(C)c(C4CCNCC4)cc32)n1.O=C(O)C(F)(F)F. The summed E-state index contributed by atoms with van der Waals surface area (Å²) in [5, 5.41) is 16.4. The number of aryl methyl sites for hydroxylation is 1. The molecule has 1 aromatic carbocycles. The third-order valence-electron chi connectivity index (χ3n) is 6.62. The lowest BCUT2D eigenvalue weighted by Gasteiger charge is -2.32. The number of anilines is 1. The van der Waals surface area contributed by atoms with Crippen LogP contribution in [0.15, 0.2) is 24.4 Å². The van der Waals surface area contributed by atoms with E-state index in [0.29, 0.717) is 18.5 Å². The zero-order valence-corrected chi connectivity index (χ0v) is 21.5. The Morgan fingerprint density at radius 3 is 2.50 bits per heavy atom. The van der Waals surface area contributed by atoms with Crippen LogP contribution in [0, 0.1) is 6.92 Å². The summed E-state index contributed by atoms with van der Waals surface area (Å²) in [7, 11) is 1.60. The van der Waals surface area contributed by atoms with E-state index in [1.165, 1.54) is 24.0 Å². The molecule has 2 aromatic heterocycles. The van der Waals surface area contributed by atoms with Gasteiger partial charge in [-0.2, -0.15) is 28.2 Å². The lowest BCUT2D eigenvalue weighted by atomic mass is 9.87. The van der Waals surface area contributed by atoms with E-state index in [0.717, 1.165) is 48.7 Å². The van der Waals surface area contributed by atoms with Crippen molar-refractivity contribution < 1.29 is 32.5 Å². The van der Waals surface area contributed by atoms with Crippen molar-refractivity contribution in [1.82, 2.24) is 25.1 Å². The van der Waals surface area contributed by atoms with E-state index < -0.39 is 12.1 Å². The summed E-state index contributed by atoms with van der Waals surface area (Å²) in [6.07, 6.45) is -0.665. The van der Waals surface area contributed by atoms with Gasteiger partial charge < -0.3 is 24.8 Å². The molecule has 0 unspecified atom stereocenters. The highest BCUT2D eigenvalue weighted by Gasteiger charge is 2.38. The van der Waals surface area contributed by atoms with E-state index in [1.807, 2.05) is 16.9 Å². The molecule has 0 saturated carbocycles. The van der Waals surface area contributed by atoms with Crippen LogP contribution in [-0.2, 0) is 9.53 Å². The standard InChI is InChI=1S/C23H30N6O2.C2HF3O2/c1-15-10-18-13-25-29(20(18)11-19(15)17-4-6-24-7-5-17)22-12-21(26-23(27-22)30-3)28-8-9-31-16(2)14-28;3-2(4,5)1(6)7/h10-13,16-17,24H,4-9,14H2,1-3H3;(H,6,7)/t16-;/m0./s1. The number of morpholine rings is 1. The summed E-state index contributed by atoms with van der Waals surface area (Å²) in [4.78, 5) is 20.3. The van der Waals surface area contributed by atoms with Crippen molar-refractivity contribution in [1.29, 1.82) is 0 Å². The minimum Gasteiger partial charge on any atom is -0.475 e.